The smallest absolute Gasteiger partial charge is 0.252 e. The number of benzene rings is 2. The molecular formula is C25H25Cl2N5O2. The molecule has 2 aromatic heterocycles. The maximum absolute atomic E-state index is 12.4. The van der Waals surface area contributed by atoms with Gasteiger partial charge in [-0.25, -0.2) is 4.98 Å². The minimum absolute atomic E-state index is 0.241. The molecule has 176 valence electrons. The highest BCUT2D eigenvalue weighted by molar-refractivity contribution is 6.36. The number of rotatable bonds is 8. The molecule has 0 unspecified atom stereocenters. The van der Waals surface area contributed by atoms with Gasteiger partial charge in [-0.3, -0.25) is 4.79 Å². The van der Waals surface area contributed by atoms with E-state index in [-0.39, 0.29) is 5.91 Å². The van der Waals surface area contributed by atoms with Gasteiger partial charge in [0.1, 0.15) is 0 Å². The average molecular weight is 498 g/mol. The van der Waals surface area contributed by atoms with Crippen LogP contribution >= 0.6 is 23.2 Å². The molecule has 0 saturated heterocycles. The number of carbonyl (C=O) groups is 1. The highest BCUT2D eigenvalue weighted by atomic mass is 35.5. The number of hydrogen-bond donors (Lipinski definition) is 1. The largest absolute Gasteiger partial charge is 0.350 e. The van der Waals surface area contributed by atoms with Crippen LogP contribution in [0.1, 0.15) is 48.4 Å². The lowest BCUT2D eigenvalue weighted by atomic mass is 10.0. The van der Waals surface area contributed by atoms with Crippen molar-refractivity contribution in [1.82, 2.24) is 25.0 Å². The molecule has 0 aliphatic heterocycles. The van der Waals surface area contributed by atoms with E-state index in [4.69, 9.17) is 27.7 Å². The number of hydrogen-bond acceptors (Lipinski definition) is 5. The molecule has 1 N–H and O–H groups in total. The van der Waals surface area contributed by atoms with E-state index < -0.39 is 0 Å². The molecule has 0 radical (unpaired) electrons. The van der Waals surface area contributed by atoms with E-state index in [1.54, 1.807) is 24.5 Å². The molecule has 2 heterocycles. The zero-order valence-electron chi connectivity index (χ0n) is 18.6. The Balaban J connectivity index is 1.20. The van der Waals surface area contributed by atoms with Gasteiger partial charge in [-0.15, -0.1) is 0 Å². The van der Waals surface area contributed by atoms with Gasteiger partial charge in [0.25, 0.3) is 5.91 Å². The van der Waals surface area contributed by atoms with E-state index in [0.29, 0.717) is 40.4 Å². The Morgan fingerprint density at radius 3 is 2.82 bits per heavy atom. The number of fused-ring (bicyclic) bond motifs is 1. The molecule has 0 spiro atoms. The van der Waals surface area contributed by atoms with Crippen LogP contribution in [0.25, 0.3) is 22.4 Å². The van der Waals surface area contributed by atoms with Crippen molar-refractivity contribution in [3.8, 4) is 11.4 Å². The van der Waals surface area contributed by atoms with Gasteiger partial charge >= 0.3 is 0 Å². The van der Waals surface area contributed by atoms with Gasteiger partial charge in [0.2, 0.25) is 11.7 Å². The molecule has 0 atom stereocenters. The Labute approximate surface area is 207 Å². The minimum Gasteiger partial charge on any atom is -0.350 e. The predicted octanol–water partition coefficient (Wildman–Crippen LogP) is 5.95. The van der Waals surface area contributed by atoms with Crippen LogP contribution < -0.4 is 5.32 Å². The van der Waals surface area contributed by atoms with Crippen molar-refractivity contribution < 1.29 is 9.32 Å². The minimum atomic E-state index is -0.241. The summed E-state index contributed by atoms with van der Waals surface area (Å²) in [6, 6.07) is 10.7. The third kappa shape index (κ3) is 5.10. The molecule has 9 heteroatoms. The Bertz CT molecular complexity index is 1310. The number of amides is 1. The summed E-state index contributed by atoms with van der Waals surface area (Å²) >= 11 is 12.0. The number of halogens is 2. The second-order valence-electron chi connectivity index (χ2n) is 8.72. The third-order valence-electron chi connectivity index (χ3n) is 6.40. The first-order chi connectivity index (χ1) is 16.6. The van der Waals surface area contributed by atoms with Crippen molar-refractivity contribution in [3.05, 3.63) is 64.2 Å². The zero-order chi connectivity index (χ0) is 23.5. The highest BCUT2D eigenvalue weighted by Crippen LogP contribution is 2.29. The van der Waals surface area contributed by atoms with E-state index in [1.807, 2.05) is 22.8 Å². The number of nitrogens with one attached hydrogen (secondary N) is 1. The van der Waals surface area contributed by atoms with E-state index in [0.717, 1.165) is 35.4 Å². The molecule has 1 fully saturated rings. The summed E-state index contributed by atoms with van der Waals surface area (Å²) in [5, 5.41) is 7.88. The standard InChI is InChI=1S/C25H25Cl2N5O2/c26-18-7-8-19(20(27)14-18)25(33)28-11-12-32-15-29-21-13-17(6-9-22(21)32)24-30-23(34-31-24)10-5-16-3-1-2-4-16/h6-9,13-16H,1-5,10-12H2,(H,28,33). The Hall–Kier alpha value is -2.90. The first-order valence-electron chi connectivity index (χ1n) is 11.6. The molecule has 1 aliphatic rings. The van der Waals surface area contributed by atoms with Crippen molar-refractivity contribution in [2.24, 2.45) is 5.92 Å². The lowest BCUT2D eigenvalue weighted by Gasteiger charge is -2.08. The van der Waals surface area contributed by atoms with Crippen LogP contribution in [0.15, 0.2) is 47.2 Å². The van der Waals surface area contributed by atoms with Crippen LogP contribution in [0.2, 0.25) is 10.0 Å². The van der Waals surface area contributed by atoms with Gasteiger partial charge in [0, 0.05) is 30.1 Å². The molecule has 1 amide bonds. The molecule has 7 nitrogen and oxygen atoms in total. The fraction of sp³-hybridized carbons (Fsp3) is 0.360. The predicted molar refractivity (Wildman–Crippen MR) is 132 cm³/mol. The first kappa shape index (κ1) is 22.9. The molecule has 4 aromatic rings. The summed E-state index contributed by atoms with van der Waals surface area (Å²) in [6.07, 6.45) is 9.04. The van der Waals surface area contributed by atoms with Gasteiger partial charge in [0.05, 0.1) is 27.9 Å². The topological polar surface area (TPSA) is 85.8 Å². The molecule has 5 rings (SSSR count). The number of aromatic nitrogens is 4. The van der Waals surface area contributed by atoms with Crippen molar-refractivity contribution in [2.45, 2.75) is 45.1 Å². The summed E-state index contributed by atoms with van der Waals surface area (Å²) < 4.78 is 7.47. The Morgan fingerprint density at radius 1 is 1.15 bits per heavy atom. The van der Waals surface area contributed by atoms with Crippen LogP contribution in [-0.2, 0) is 13.0 Å². The summed E-state index contributed by atoms with van der Waals surface area (Å²) in [6.45, 7) is 1.00. The van der Waals surface area contributed by atoms with Crippen molar-refractivity contribution in [2.75, 3.05) is 6.54 Å². The van der Waals surface area contributed by atoms with Crippen LogP contribution in [-0.4, -0.2) is 32.1 Å². The monoisotopic (exact) mass is 497 g/mol. The first-order valence-corrected chi connectivity index (χ1v) is 12.3. The summed E-state index contributed by atoms with van der Waals surface area (Å²) in [4.78, 5) is 21.5. The summed E-state index contributed by atoms with van der Waals surface area (Å²) in [5.41, 5.74) is 3.07. The maximum Gasteiger partial charge on any atom is 0.252 e. The van der Waals surface area contributed by atoms with Crippen LogP contribution in [0.4, 0.5) is 0 Å². The lowest BCUT2D eigenvalue weighted by Crippen LogP contribution is -2.27. The molecular weight excluding hydrogens is 473 g/mol. The molecule has 0 bridgehead atoms. The second-order valence-corrected chi connectivity index (χ2v) is 9.57. The van der Waals surface area contributed by atoms with E-state index in [9.17, 15) is 4.79 Å². The van der Waals surface area contributed by atoms with Gasteiger partial charge in [-0.2, -0.15) is 4.98 Å². The molecule has 1 aliphatic carbocycles. The third-order valence-corrected chi connectivity index (χ3v) is 6.95. The summed E-state index contributed by atoms with van der Waals surface area (Å²) in [7, 11) is 0. The van der Waals surface area contributed by atoms with Gasteiger partial charge < -0.3 is 14.4 Å². The molecule has 2 aromatic carbocycles. The Kier molecular flexibility index (Phi) is 6.83. The zero-order valence-corrected chi connectivity index (χ0v) is 20.1. The fourth-order valence-electron chi connectivity index (χ4n) is 4.54. The van der Waals surface area contributed by atoms with Gasteiger partial charge in [-0.1, -0.05) is 54.0 Å². The number of aryl methyl sites for hydroxylation is 1. The quantitative estimate of drug-likeness (QED) is 0.325. The second kappa shape index (κ2) is 10.2. The van der Waals surface area contributed by atoms with E-state index >= 15 is 0 Å². The Morgan fingerprint density at radius 2 is 2.00 bits per heavy atom. The fourth-order valence-corrected chi connectivity index (χ4v) is 5.03. The number of imidazole rings is 1. The highest BCUT2D eigenvalue weighted by Gasteiger charge is 2.17. The van der Waals surface area contributed by atoms with Gasteiger partial charge in [0.15, 0.2) is 0 Å². The van der Waals surface area contributed by atoms with E-state index in [1.165, 1.54) is 25.7 Å². The SMILES string of the molecule is O=C(NCCn1cnc2cc(-c3noc(CCC4CCCC4)n3)ccc21)c1ccc(Cl)cc1Cl. The van der Waals surface area contributed by atoms with Crippen molar-refractivity contribution in [1.29, 1.82) is 0 Å². The summed E-state index contributed by atoms with van der Waals surface area (Å²) in [5.74, 6) is 1.84. The number of nitrogens with zero attached hydrogens (tertiary/aromatic N) is 4. The van der Waals surface area contributed by atoms with Crippen molar-refractivity contribution >= 4 is 40.1 Å². The van der Waals surface area contributed by atoms with Gasteiger partial charge in [-0.05, 0) is 48.7 Å². The van der Waals surface area contributed by atoms with Crippen molar-refractivity contribution in [3.63, 3.8) is 0 Å². The van der Waals surface area contributed by atoms with E-state index in [2.05, 4.69) is 20.4 Å². The maximum atomic E-state index is 12.4. The average Bonchev–Trinajstić information content (AvgIpc) is 3.58. The van der Waals surface area contributed by atoms with Crippen LogP contribution in [0.5, 0.6) is 0 Å². The van der Waals surface area contributed by atoms with Crippen LogP contribution in [0, 0.1) is 5.92 Å². The number of carbonyl (C=O) groups excluding carboxylic acids is 1. The molecule has 34 heavy (non-hydrogen) atoms. The normalized spacial score (nSPS) is 14.2. The molecule has 1 saturated carbocycles. The van der Waals surface area contributed by atoms with Crippen LogP contribution in [0.3, 0.4) is 0 Å². The lowest BCUT2D eigenvalue weighted by molar-refractivity contribution is 0.0952.